The second-order valence-corrected chi connectivity index (χ2v) is 32.9. The fourth-order valence-corrected chi connectivity index (χ4v) is 13.9. The van der Waals surface area contributed by atoms with Crippen LogP contribution in [0, 0.1) is 17.8 Å². The molecule has 0 saturated carbocycles. The summed E-state index contributed by atoms with van der Waals surface area (Å²) in [5.41, 5.74) is 0. The number of aliphatic hydroxyl groups is 1. The molecule has 3 unspecified atom stereocenters. The van der Waals surface area contributed by atoms with Gasteiger partial charge in [0.2, 0.25) is 0 Å². The van der Waals surface area contributed by atoms with Gasteiger partial charge in [-0.05, 0) is 43.4 Å². The van der Waals surface area contributed by atoms with E-state index in [0.29, 0.717) is 31.6 Å². The Morgan fingerprint density at radius 2 is 0.515 bits per heavy atom. The summed E-state index contributed by atoms with van der Waals surface area (Å²) in [6.45, 7) is 12.0. The second-order valence-electron chi connectivity index (χ2n) is 30.0. The van der Waals surface area contributed by atoms with Crippen molar-refractivity contribution < 1.29 is 80.2 Å². The summed E-state index contributed by atoms with van der Waals surface area (Å²) in [6, 6.07) is 0. The summed E-state index contributed by atoms with van der Waals surface area (Å²) in [4.78, 5) is 72.9. The maximum Gasteiger partial charge on any atom is 0.472 e. The zero-order valence-corrected chi connectivity index (χ0v) is 66.8. The van der Waals surface area contributed by atoms with E-state index in [1.807, 2.05) is 0 Å². The van der Waals surface area contributed by atoms with Gasteiger partial charge >= 0.3 is 39.5 Å². The first-order valence-corrected chi connectivity index (χ1v) is 44.4. The highest BCUT2D eigenvalue weighted by molar-refractivity contribution is 7.47. The van der Waals surface area contributed by atoms with Crippen molar-refractivity contribution in [1.29, 1.82) is 0 Å². The van der Waals surface area contributed by atoms with Crippen molar-refractivity contribution in [1.82, 2.24) is 0 Å². The van der Waals surface area contributed by atoms with Crippen molar-refractivity contribution in [2.45, 2.75) is 433 Å². The molecule has 19 heteroatoms. The van der Waals surface area contributed by atoms with Crippen LogP contribution in [0.25, 0.3) is 0 Å². The van der Waals surface area contributed by atoms with Crippen LogP contribution in [0.3, 0.4) is 0 Å². The van der Waals surface area contributed by atoms with Crippen LogP contribution in [0.5, 0.6) is 0 Å². The number of rotatable bonds is 78. The van der Waals surface area contributed by atoms with Gasteiger partial charge in [0.05, 0.1) is 26.4 Å². The number of unbranched alkanes of at least 4 members (excludes halogenated alkanes) is 45. The van der Waals surface area contributed by atoms with Gasteiger partial charge in [0.1, 0.15) is 19.3 Å². The molecule has 0 saturated heterocycles. The molecule has 3 N–H and O–H groups in total. The van der Waals surface area contributed by atoms with Gasteiger partial charge in [-0.25, -0.2) is 9.13 Å². The third-order valence-corrected chi connectivity index (χ3v) is 20.9. The monoisotopic (exact) mass is 1450 g/mol. The first-order chi connectivity index (χ1) is 47.8. The Bertz CT molecular complexity index is 1920. The highest BCUT2D eigenvalue weighted by Crippen LogP contribution is 2.45. The Balaban J connectivity index is 5.23. The second kappa shape index (κ2) is 70.4. The normalized spacial score (nSPS) is 14.3. The summed E-state index contributed by atoms with van der Waals surface area (Å²) in [6.07, 6.45) is 58.3. The minimum Gasteiger partial charge on any atom is -0.462 e. The maximum atomic E-state index is 13.1. The fourth-order valence-electron chi connectivity index (χ4n) is 12.3. The molecule has 0 aliphatic rings. The van der Waals surface area contributed by atoms with Crippen LogP contribution in [0.2, 0.25) is 0 Å². The Hall–Kier alpha value is -1.94. The van der Waals surface area contributed by atoms with E-state index in [1.165, 1.54) is 218 Å². The van der Waals surface area contributed by atoms with Gasteiger partial charge in [-0.1, -0.05) is 363 Å². The average molecular weight is 1450 g/mol. The number of phosphoric acid groups is 2. The number of phosphoric ester groups is 2. The SMILES string of the molecule is CCCCCCCCCCCCCCC(=O)O[C@H](COC(=O)CCCCCCCCCC(C)C)COP(=O)(O)OC[C@H](O)COP(=O)(O)OC[C@@H](COC(=O)CCCCCCCCCCCCCCCCC(C)CC)OC(=O)CCCCCCCCCCCCCCCCCCC(C)C. The zero-order chi connectivity index (χ0) is 73.0. The van der Waals surface area contributed by atoms with E-state index in [4.69, 9.17) is 37.0 Å². The van der Waals surface area contributed by atoms with Gasteiger partial charge in [-0.3, -0.25) is 37.3 Å². The minimum atomic E-state index is -4.96. The van der Waals surface area contributed by atoms with E-state index in [9.17, 15) is 43.2 Å². The topological polar surface area (TPSA) is 237 Å². The molecule has 0 fully saturated rings. The standard InChI is InChI=1S/C80H156O17P2/c1-8-10-11-12-13-14-15-28-34-41-49-56-63-79(84)97-76(68-91-78(83)62-55-48-43-36-38-45-52-59-72(5)6)70-95-99(88,89)93-66-74(81)65-92-98(86,87)94-69-75(67-90-77(82)61-54-47-40-33-29-24-21-20-23-27-32-39-46-53-60-73(7)9-2)96-80(85)64-57-50-42-35-30-25-19-17-16-18-22-26-31-37-44-51-58-71(3)4/h71-76,81H,8-70H2,1-7H3,(H,86,87)(H,88,89)/t73?,74-,75-,76-/m1/s1. The van der Waals surface area contributed by atoms with Crippen molar-refractivity contribution in [2.75, 3.05) is 39.6 Å². The maximum absolute atomic E-state index is 13.1. The molecule has 0 rings (SSSR count). The number of ether oxygens (including phenoxy) is 4. The van der Waals surface area contributed by atoms with Gasteiger partial charge in [0, 0.05) is 25.7 Å². The summed E-state index contributed by atoms with van der Waals surface area (Å²) in [5.74, 6) is 0.252. The van der Waals surface area contributed by atoms with Crippen molar-refractivity contribution >= 4 is 39.5 Å². The van der Waals surface area contributed by atoms with E-state index < -0.39 is 97.5 Å². The van der Waals surface area contributed by atoms with Crippen LogP contribution < -0.4 is 0 Å². The first-order valence-electron chi connectivity index (χ1n) is 41.4. The molecule has 0 spiro atoms. The molecule has 0 aliphatic heterocycles. The van der Waals surface area contributed by atoms with Crippen LogP contribution in [0.15, 0.2) is 0 Å². The van der Waals surface area contributed by atoms with Crippen molar-refractivity contribution in [2.24, 2.45) is 17.8 Å². The van der Waals surface area contributed by atoms with E-state index in [2.05, 4.69) is 48.5 Å². The first kappa shape index (κ1) is 97.1. The number of hydrogen-bond acceptors (Lipinski definition) is 15. The molecule has 0 aliphatic carbocycles. The molecular formula is C80H156O17P2. The molecule has 99 heavy (non-hydrogen) atoms. The summed E-state index contributed by atoms with van der Waals surface area (Å²) in [7, 11) is -9.92. The molecule has 17 nitrogen and oxygen atoms in total. The molecule has 0 aromatic carbocycles. The third-order valence-electron chi connectivity index (χ3n) is 19.0. The number of carbonyl (C=O) groups excluding carboxylic acids is 4. The van der Waals surface area contributed by atoms with E-state index in [0.717, 1.165) is 108 Å². The third kappa shape index (κ3) is 72.8. The van der Waals surface area contributed by atoms with Crippen LogP contribution in [-0.2, 0) is 65.4 Å². The molecular weight excluding hydrogens is 1290 g/mol. The largest absolute Gasteiger partial charge is 0.472 e. The lowest BCUT2D eigenvalue weighted by Crippen LogP contribution is -2.30. The van der Waals surface area contributed by atoms with Crippen molar-refractivity contribution in [3.8, 4) is 0 Å². The molecule has 6 atom stereocenters. The molecule has 588 valence electrons. The molecule has 0 amide bonds. The summed E-state index contributed by atoms with van der Waals surface area (Å²) < 4.78 is 68.6. The van der Waals surface area contributed by atoms with Crippen molar-refractivity contribution in [3.05, 3.63) is 0 Å². The van der Waals surface area contributed by atoms with Crippen LogP contribution >= 0.6 is 15.6 Å². The predicted octanol–water partition coefficient (Wildman–Crippen LogP) is 23.7. The van der Waals surface area contributed by atoms with E-state index in [1.54, 1.807) is 0 Å². The Morgan fingerprint density at radius 1 is 0.293 bits per heavy atom. The van der Waals surface area contributed by atoms with Crippen LogP contribution in [-0.4, -0.2) is 96.7 Å². The molecule has 0 aromatic heterocycles. The lowest BCUT2D eigenvalue weighted by Gasteiger charge is -2.21. The predicted molar refractivity (Wildman–Crippen MR) is 405 cm³/mol. The molecule has 0 radical (unpaired) electrons. The lowest BCUT2D eigenvalue weighted by molar-refractivity contribution is -0.161. The van der Waals surface area contributed by atoms with Crippen LogP contribution in [0.4, 0.5) is 0 Å². The number of esters is 4. The Morgan fingerprint density at radius 3 is 0.768 bits per heavy atom. The lowest BCUT2D eigenvalue weighted by atomic mass is 9.99. The highest BCUT2D eigenvalue weighted by atomic mass is 31.2. The minimum absolute atomic E-state index is 0.106. The highest BCUT2D eigenvalue weighted by Gasteiger charge is 2.30. The Kier molecular flexibility index (Phi) is 69.0. The van der Waals surface area contributed by atoms with Gasteiger partial charge in [0.15, 0.2) is 12.2 Å². The Labute approximate surface area is 607 Å². The van der Waals surface area contributed by atoms with E-state index >= 15 is 0 Å². The zero-order valence-electron chi connectivity index (χ0n) is 65.0. The van der Waals surface area contributed by atoms with Gasteiger partial charge in [-0.2, -0.15) is 0 Å². The van der Waals surface area contributed by atoms with Gasteiger partial charge in [0.25, 0.3) is 0 Å². The smallest absolute Gasteiger partial charge is 0.462 e. The molecule has 0 aromatic rings. The fraction of sp³-hybridized carbons (Fsp3) is 0.950. The van der Waals surface area contributed by atoms with Crippen LogP contribution in [0.1, 0.15) is 414 Å². The number of hydrogen-bond donors (Lipinski definition) is 3. The van der Waals surface area contributed by atoms with Gasteiger partial charge in [-0.15, -0.1) is 0 Å². The van der Waals surface area contributed by atoms with Gasteiger partial charge < -0.3 is 33.8 Å². The number of carbonyl (C=O) groups is 4. The summed E-state index contributed by atoms with van der Waals surface area (Å²) in [5, 5.41) is 10.6. The quantitative estimate of drug-likeness (QED) is 0.0222. The van der Waals surface area contributed by atoms with Crippen molar-refractivity contribution in [3.63, 3.8) is 0 Å². The summed E-state index contributed by atoms with van der Waals surface area (Å²) >= 11 is 0. The average Bonchev–Trinajstić information content (AvgIpc) is 0.949. The van der Waals surface area contributed by atoms with E-state index in [-0.39, 0.29) is 25.7 Å². The number of aliphatic hydroxyl groups excluding tert-OH is 1. The molecule has 0 bridgehead atoms. The molecule has 0 heterocycles.